The Morgan fingerprint density at radius 2 is 2.25 bits per heavy atom. The van der Waals surface area contributed by atoms with Crippen LogP contribution in [-0.2, 0) is 6.54 Å². The number of aromatic nitrogens is 2. The van der Waals surface area contributed by atoms with E-state index in [1.54, 1.807) is 13.3 Å². The summed E-state index contributed by atoms with van der Waals surface area (Å²) in [5.74, 6) is 1.92. The number of hydrogen-bond acceptors (Lipinski definition) is 5. The van der Waals surface area contributed by atoms with Crippen LogP contribution in [0.4, 0.5) is 0 Å². The van der Waals surface area contributed by atoms with Gasteiger partial charge in [0.1, 0.15) is 0 Å². The molecule has 4 atom stereocenters. The Labute approximate surface area is 130 Å². The molecule has 0 aliphatic carbocycles. The van der Waals surface area contributed by atoms with E-state index in [4.69, 9.17) is 10.5 Å². The molecule has 20 heavy (non-hydrogen) atoms. The van der Waals surface area contributed by atoms with Crippen LogP contribution in [0, 0.1) is 0 Å². The number of nitrogens with two attached hydrogens (primary N) is 1. The van der Waals surface area contributed by atoms with Crippen molar-refractivity contribution in [2.45, 2.75) is 55.5 Å². The molecule has 1 aliphatic rings. The summed E-state index contributed by atoms with van der Waals surface area (Å²) in [7, 11) is 1.69. The molecule has 1 aliphatic heterocycles. The summed E-state index contributed by atoms with van der Waals surface area (Å²) in [6.45, 7) is 7.63. The summed E-state index contributed by atoms with van der Waals surface area (Å²) < 4.78 is 7.46. The predicted molar refractivity (Wildman–Crippen MR) is 88.8 cm³/mol. The van der Waals surface area contributed by atoms with E-state index >= 15 is 0 Å². The van der Waals surface area contributed by atoms with Crippen molar-refractivity contribution in [1.29, 1.82) is 0 Å². The number of ether oxygens (including phenoxy) is 1. The van der Waals surface area contributed by atoms with E-state index in [1.807, 2.05) is 28.2 Å². The maximum atomic E-state index is 6.55. The third kappa shape index (κ3) is 3.28. The highest BCUT2D eigenvalue weighted by Crippen LogP contribution is 2.41. The second-order valence-electron chi connectivity index (χ2n) is 5.27. The van der Waals surface area contributed by atoms with Gasteiger partial charge in [-0.3, -0.25) is 4.68 Å². The number of hydrogen-bond donors (Lipinski definition) is 1. The van der Waals surface area contributed by atoms with Gasteiger partial charge in [-0.2, -0.15) is 28.6 Å². The van der Waals surface area contributed by atoms with Crippen LogP contribution in [0.5, 0.6) is 5.75 Å². The zero-order valence-electron chi connectivity index (χ0n) is 12.7. The first-order valence-electron chi connectivity index (χ1n) is 7.20. The highest BCUT2D eigenvalue weighted by atomic mass is 32.2. The van der Waals surface area contributed by atoms with Crippen LogP contribution in [0.15, 0.2) is 6.20 Å². The summed E-state index contributed by atoms with van der Waals surface area (Å²) in [4.78, 5) is 0. The molecule has 0 radical (unpaired) electrons. The Morgan fingerprint density at radius 1 is 1.50 bits per heavy atom. The topological polar surface area (TPSA) is 53.1 Å². The first-order valence-corrected chi connectivity index (χ1v) is 9.20. The smallest absolute Gasteiger partial charge is 0.161 e. The normalized spacial score (nSPS) is 28.4. The lowest BCUT2D eigenvalue weighted by Gasteiger charge is -2.34. The maximum absolute atomic E-state index is 6.55. The summed E-state index contributed by atoms with van der Waals surface area (Å²) in [5, 5.41) is 6.18. The third-order valence-corrected chi connectivity index (χ3v) is 7.31. The zero-order valence-corrected chi connectivity index (χ0v) is 14.3. The van der Waals surface area contributed by atoms with Crippen molar-refractivity contribution in [3.8, 4) is 5.75 Å². The monoisotopic (exact) mass is 315 g/mol. The van der Waals surface area contributed by atoms with Crippen molar-refractivity contribution < 1.29 is 4.74 Å². The Bertz CT molecular complexity index is 438. The molecule has 1 aromatic rings. The predicted octanol–water partition coefficient (Wildman–Crippen LogP) is 2.93. The molecule has 4 nitrogen and oxygen atoms in total. The fraction of sp³-hybridized carbons (Fsp3) is 0.786. The number of aryl methyl sites for hydroxylation is 1. The van der Waals surface area contributed by atoms with Crippen LogP contribution >= 0.6 is 23.5 Å². The summed E-state index contributed by atoms with van der Waals surface area (Å²) in [6, 6.07) is -0.0218. The molecule has 2 rings (SSSR count). The Morgan fingerprint density at radius 3 is 2.85 bits per heavy atom. The molecular formula is C14H25N3OS2. The number of methoxy groups -OCH3 is 1. The van der Waals surface area contributed by atoms with Crippen molar-refractivity contribution in [2.24, 2.45) is 5.73 Å². The fourth-order valence-corrected chi connectivity index (χ4v) is 5.45. The van der Waals surface area contributed by atoms with Crippen LogP contribution < -0.4 is 10.5 Å². The van der Waals surface area contributed by atoms with E-state index in [0.29, 0.717) is 15.7 Å². The lowest BCUT2D eigenvalue weighted by atomic mass is 10.1. The molecule has 2 N–H and O–H groups in total. The van der Waals surface area contributed by atoms with Crippen molar-refractivity contribution in [3.63, 3.8) is 0 Å². The molecule has 0 amide bonds. The molecule has 114 valence electrons. The molecule has 1 saturated heterocycles. The largest absolute Gasteiger partial charge is 0.493 e. The second-order valence-corrected chi connectivity index (χ2v) is 8.30. The quantitative estimate of drug-likeness (QED) is 0.905. The summed E-state index contributed by atoms with van der Waals surface area (Å²) in [6.07, 6.45) is 2.84. The van der Waals surface area contributed by atoms with Gasteiger partial charge in [0.15, 0.2) is 5.75 Å². The molecule has 0 spiro atoms. The van der Waals surface area contributed by atoms with E-state index in [9.17, 15) is 0 Å². The maximum Gasteiger partial charge on any atom is 0.161 e. The Balaban J connectivity index is 2.19. The molecule has 4 unspecified atom stereocenters. The molecule has 0 saturated carbocycles. The van der Waals surface area contributed by atoms with Gasteiger partial charge in [-0.05, 0) is 6.42 Å². The average molecular weight is 316 g/mol. The van der Waals surface area contributed by atoms with Gasteiger partial charge >= 0.3 is 0 Å². The summed E-state index contributed by atoms with van der Waals surface area (Å²) in [5.41, 5.74) is 7.60. The van der Waals surface area contributed by atoms with Gasteiger partial charge in [0.2, 0.25) is 0 Å². The minimum absolute atomic E-state index is 0.0218. The van der Waals surface area contributed by atoms with Crippen molar-refractivity contribution in [1.82, 2.24) is 9.78 Å². The molecule has 1 fully saturated rings. The molecule has 0 aromatic carbocycles. The molecule has 1 aromatic heterocycles. The summed E-state index contributed by atoms with van der Waals surface area (Å²) >= 11 is 4.03. The van der Waals surface area contributed by atoms with Crippen molar-refractivity contribution in [3.05, 3.63) is 11.9 Å². The first kappa shape index (κ1) is 16.0. The third-order valence-electron chi connectivity index (χ3n) is 3.79. The fourth-order valence-electron chi connectivity index (χ4n) is 2.43. The van der Waals surface area contributed by atoms with Gasteiger partial charge in [0.05, 0.1) is 25.0 Å². The SMILES string of the molecule is CCCn1ncc(OC)c1C(N)C1CSC(C)C(C)S1. The number of rotatable bonds is 5. The molecular weight excluding hydrogens is 290 g/mol. The molecule has 6 heteroatoms. The van der Waals surface area contributed by atoms with Gasteiger partial charge in [-0.25, -0.2) is 0 Å². The molecule has 2 heterocycles. The first-order chi connectivity index (χ1) is 9.58. The standard InChI is InChI=1S/C14H25N3OS2/c1-5-6-17-14(11(18-4)7-16-17)13(15)12-8-19-9(2)10(3)20-12/h7,9-10,12-13H,5-6,8,15H2,1-4H3. The van der Waals surface area contributed by atoms with Crippen molar-refractivity contribution >= 4 is 23.5 Å². The lowest BCUT2D eigenvalue weighted by molar-refractivity contribution is 0.400. The average Bonchev–Trinajstić information content (AvgIpc) is 2.84. The molecule has 0 bridgehead atoms. The Hall–Kier alpha value is -0.330. The van der Waals surface area contributed by atoms with E-state index in [2.05, 4.69) is 25.9 Å². The van der Waals surface area contributed by atoms with Crippen LogP contribution in [0.1, 0.15) is 38.9 Å². The minimum Gasteiger partial charge on any atom is -0.493 e. The lowest BCUT2D eigenvalue weighted by Crippen LogP contribution is -2.35. The van der Waals surface area contributed by atoms with Gasteiger partial charge < -0.3 is 10.5 Å². The van der Waals surface area contributed by atoms with Gasteiger partial charge in [-0.1, -0.05) is 20.8 Å². The van der Waals surface area contributed by atoms with Crippen LogP contribution in [0.3, 0.4) is 0 Å². The van der Waals surface area contributed by atoms with Gasteiger partial charge in [0, 0.05) is 28.0 Å². The van der Waals surface area contributed by atoms with E-state index in [0.717, 1.165) is 30.2 Å². The van der Waals surface area contributed by atoms with Gasteiger partial charge in [-0.15, -0.1) is 0 Å². The van der Waals surface area contributed by atoms with Crippen LogP contribution in [0.25, 0.3) is 0 Å². The number of nitrogens with zero attached hydrogens (tertiary/aromatic N) is 2. The van der Waals surface area contributed by atoms with Crippen LogP contribution in [0.2, 0.25) is 0 Å². The van der Waals surface area contributed by atoms with E-state index in [-0.39, 0.29) is 6.04 Å². The van der Waals surface area contributed by atoms with Gasteiger partial charge in [0.25, 0.3) is 0 Å². The van der Waals surface area contributed by atoms with E-state index in [1.165, 1.54) is 0 Å². The Kier molecular flexibility index (Phi) is 5.69. The minimum atomic E-state index is -0.0218. The zero-order chi connectivity index (χ0) is 14.7. The highest BCUT2D eigenvalue weighted by Gasteiger charge is 2.33. The highest BCUT2D eigenvalue weighted by molar-refractivity contribution is 8.07. The van der Waals surface area contributed by atoms with Crippen LogP contribution in [-0.4, -0.2) is 38.4 Å². The number of thioether (sulfide) groups is 2. The van der Waals surface area contributed by atoms with E-state index < -0.39 is 0 Å². The van der Waals surface area contributed by atoms with Crippen molar-refractivity contribution in [2.75, 3.05) is 12.9 Å². The second kappa shape index (κ2) is 7.09.